The highest BCUT2D eigenvalue weighted by Crippen LogP contribution is 2.19. The number of rotatable bonds is 3. The first-order valence-corrected chi connectivity index (χ1v) is 6.83. The van der Waals surface area contributed by atoms with Gasteiger partial charge < -0.3 is 5.32 Å². The number of hydrogen-bond donors (Lipinski definition) is 1. The number of nitrogens with zero attached hydrogens (tertiary/aromatic N) is 1. The summed E-state index contributed by atoms with van der Waals surface area (Å²) in [6.07, 6.45) is 1.37. The Balaban J connectivity index is 2.08. The molecule has 3 nitrogen and oxygen atoms in total. The maximum absolute atomic E-state index is 11.9. The van der Waals surface area contributed by atoms with E-state index in [0.29, 0.717) is 17.1 Å². The zero-order valence-corrected chi connectivity index (χ0v) is 11.9. The number of halogens is 2. The Morgan fingerprint density at radius 2 is 2.28 bits per heavy atom. The van der Waals surface area contributed by atoms with Crippen molar-refractivity contribution in [2.24, 2.45) is 0 Å². The lowest BCUT2D eigenvalue weighted by molar-refractivity contribution is 0.0951. The predicted molar refractivity (Wildman–Crippen MR) is 74.5 cm³/mol. The van der Waals surface area contributed by atoms with Crippen molar-refractivity contribution in [3.8, 4) is 0 Å². The van der Waals surface area contributed by atoms with Gasteiger partial charge in [0.25, 0.3) is 5.91 Å². The second-order valence-electron chi connectivity index (χ2n) is 3.70. The van der Waals surface area contributed by atoms with Gasteiger partial charge in [-0.3, -0.25) is 4.79 Å². The number of nitrogens with one attached hydrogen (secondary N) is 1. The average molecular weight is 301 g/mol. The molecule has 0 unspecified atom stereocenters. The van der Waals surface area contributed by atoms with E-state index in [1.807, 2.05) is 18.4 Å². The molecule has 0 spiro atoms. The van der Waals surface area contributed by atoms with Crippen LogP contribution < -0.4 is 5.32 Å². The molecule has 0 radical (unpaired) electrons. The van der Waals surface area contributed by atoms with Crippen LogP contribution in [0.5, 0.6) is 0 Å². The maximum Gasteiger partial charge on any atom is 0.253 e. The minimum absolute atomic E-state index is 0.247. The Hall–Kier alpha value is -1.10. The summed E-state index contributed by atoms with van der Waals surface area (Å²) >= 11 is 13.2. The zero-order valence-electron chi connectivity index (χ0n) is 9.54. The summed E-state index contributed by atoms with van der Waals surface area (Å²) in [6.45, 7) is 2.49. The number of carbonyl (C=O) groups excluding carboxylic acids is 1. The summed E-state index contributed by atoms with van der Waals surface area (Å²) in [6, 6.07) is 3.48. The van der Waals surface area contributed by atoms with E-state index in [1.54, 1.807) is 11.3 Å². The quantitative estimate of drug-likeness (QED) is 0.879. The number of thiophene rings is 1. The third kappa shape index (κ3) is 3.02. The molecule has 6 heteroatoms. The van der Waals surface area contributed by atoms with Crippen molar-refractivity contribution in [3.63, 3.8) is 0 Å². The van der Waals surface area contributed by atoms with E-state index in [9.17, 15) is 4.79 Å². The normalized spacial score (nSPS) is 10.4. The van der Waals surface area contributed by atoms with Gasteiger partial charge in [0.2, 0.25) is 0 Å². The summed E-state index contributed by atoms with van der Waals surface area (Å²) in [5.74, 6) is -0.253. The van der Waals surface area contributed by atoms with Crippen molar-refractivity contribution < 1.29 is 4.79 Å². The molecular weight excluding hydrogens is 291 g/mol. The van der Waals surface area contributed by atoms with E-state index in [4.69, 9.17) is 23.2 Å². The molecule has 18 heavy (non-hydrogen) atoms. The van der Waals surface area contributed by atoms with Gasteiger partial charge in [0.05, 0.1) is 17.1 Å². The van der Waals surface area contributed by atoms with Crippen molar-refractivity contribution in [1.82, 2.24) is 10.3 Å². The Bertz CT molecular complexity index is 583. The van der Waals surface area contributed by atoms with E-state index in [1.165, 1.54) is 17.8 Å². The third-order valence-corrected chi connectivity index (χ3v) is 3.98. The molecule has 1 amide bonds. The molecule has 2 heterocycles. The Morgan fingerprint density at radius 1 is 1.50 bits per heavy atom. The molecule has 0 aliphatic rings. The van der Waals surface area contributed by atoms with Gasteiger partial charge in [0.1, 0.15) is 5.15 Å². The van der Waals surface area contributed by atoms with E-state index in [0.717, 1.165) is 4.88 Å². The van der Waals surface area contributed by atoms with Gasteiger partial charge in [-0.05, 0) is 30.0 Å². The summed E-state index contributed by atoms with van der Waals surface area (Å²) in [4.78, 5) is 16.9. The third-order valence-electron chi connectivity index (χ3n) is 2.44. The molecule has 0 aliphatic carbocycles. The van der Waals surface area contributed by atoms with Crippen LogP contribution in [0.3, 0.4) is 0 Å². The van der Waals surface area contributed by atoms with Crippen LogP contribution in [0, 0.1) is 6.92 Å². The van der Waals surface area contributed by atoms with Crippen LogP contribution in [0.15, 0.2) is 23.7 Å². The molecule has 2 aromatic rings. The molecule has 0 atom stereocenters. The van der Waals surface area contributed by atoms with Crippen molar-refractivity contribution in [1.29, 1.82) is 0 Å². The summed E-state index contributed by atoms with van der Waals surface area (Å²) in [7, 11) is 0. The Labute approximate surface area is 119 Å². The fourth-order valence-electron chi connectivity index (χ4n) is 1.43. The first kappa shape index (κ1) is 13.3. The maximum atomic E-state index is 11.9. The smallest absolute Gasteiger partial charge is 0.253 e. The lowest BCUT2D eigenvalue weighted by Crippen LogP contribution is -2.23. The van der Waals surface area contributed by atoms with Crippen molar-refractivity contribution in [2.45, 2.75) is 13.5 Å². The van der Waals surface area contributed by atoms with Crippen LogP contribution in [-0.2, 0) is 6.54 Å². The zero-order chi connectivity index (χ0) is 13.1. The number of hydrogen-bond acceptors (Lipinski definition) is 3. The molecule has 0 fully saturated rings. The van der Waals surface area contributed by atoms with Gasteiger partial charge in [0.15, 0.2) is 0 Å². The topological polar surface area (TPSA) is 42.0 Å². The molecule has 1 N–H and O–H groups in total. The largest absolute Gasteiger partial charge is 0.347 e. The number of pyridine rings is 1. The van der Waals surface area contributed by atoms with E-state index in [2.05, 4.69) is 10.3 Å². The average Bonchev–Trinajstić information content (AvgIpc) is 2.75. The lowest BCUT2D eigenvalue weighted by atomic mass is 10.2. The number of aromatic nitrogens is 1. The summed E-state index contributed by atoms with van der Waals surface area (Å²) < 4.78 is 0. The standard InChI is InChI=1S/C12H10Cl2N2OS/c1-7-2-3-18-10(7)6-16-12(17)8-4-11(14)15-5-9(8)13/h2-5H,6H2,1H3,(H,16,17). The van der Waals surface area contributed by atoms with E-state index < -0.39 is 0 Å². The number of carbonyl (C=O) groups is 1. The Morgan fingerprint density at radius 3 is 2.94 bits per heavy atom. The van der Waals surface area contributed by atoms with Crippen molar-refractivity contribution >= 4 is 40.4 Å². The molecule has 0 saturated heterocycles. The molecule has 0 bridgehead atoms. The van der Waals surface area contributed by atoms with Gasteiger partial charge in [-0.1, -0.05) is 23.2 Å². The highest BCUT2D eigenvalue weighted by atomic mass is 35.5. The molecule has 0 aromatic carbocycles. The molecule has 2 aromatic heterocycles. The van der Waals surface area contributed by atoms with E-state index in [-0.39, 0.29) is 11.1 Å². The monoisotopic (exact) mass is 300 g/mol. The molecule has 0 aliphatic heterocycles. The van der Waals surface area contributed by atoms with Gasteiger partial charge in [-0.25, -0.2) is 4.98 Å². The van der Waals surface area contributed by atoms with Crippen LogP contribution in [0.25, 0.3) is 0 Å². The lowest BCUT2D eigenvalue weighted by Gasteiger charge is -2.06. The number of aryl methyl sites for hydroxylation is 1. The molecular formula is C12H10Cl2N2OS. The minimum Gasteiger partial charge on any atom is -0.347 e. The van der Waals surface area contributed by atoms with Crippen LogP contribution in [0.2, 0.25) is 10.2 Å². The SMILES string of the molecule is Cc1ccsc1CNC(=O)c1cc(Cl)ncc1Cl. The van der Waals surface area contributed by atoms with Gasteiger partial charge in [-0.15, -0.1) is 11.3 Å². The summed E-state index contributed by atoms with van der Waals surface area (Å²) in [5.41, 5.74) is 1.50. The second kappa shape index (κ2) is 5.69. The van der Waals surface area contributed by atoms with Crippen LogP contribution in [0.1, 0.15) is 20.8 Å². The Kier molecular flexibility index (Phi) is 4.22. The fourth-order valence-corrected chi connectivity index (χ4v) is 2.62. The first-order chi connectivity index (χ1) is 8.58. The highest BCUT2D eigenvalue weighted by molar-refractivity contribution is 7.10. The van der Waals surface area contributed by atoms with Gasteiger partial charge in [0, 0.05) is 11.1 Å². The van der Waals surface area contributed by atoms with Crippen molar-refractivity contribution in [2.75, 3.05) is 0 Å². The summed E-state index contributed by atoms with van der Waals surface area (Å²) in [5, 5.41) is 5.34. The second-order valence-corrected chi connectivity index (χ2v) is 5.49. The minimum atomic E-state index is -0.253. The number of amides is 1. The van der Waals surface area contributed by atoms with Gasteiger partial charge in [-0.2, -0.15) is 0 Å². The first-order valence-electron chi connectivity index (χ1n) is 5.20. The van der Waals surface area contributed by atoms with Crippen molar-refractivity contribution in [3.05, 3.63) is 49.9 Å². The highest BCUT2D eigenvalue weighted by Gasteiger charge is 2.12. The molecule has 94 valence electrons. The van der Waals surface area contributed by atoms with Crippen LogP contribution >= 0.6 is 34.5 Å². The van der Waals surface area contributed by atoms with E-state index >= 15 is 0 Å². The predicted octanol–water partition coefficient (Wildman–Crippen LogP) is 3.69. The molecule has 2 rings (SSSR count). The van der Waals surface area contributed by atoms with Crippen LogP contribution in [-0.4, -0.2) is 10.9 Å². The van der Waals surface area contributed by atoms with Crippen LogP contribution in [0.4, 0.5) is 0 Å². The van der Waals surface area contributed by atoms with Gasteiger partial charge >= 0.3 is 0 Å². The molecule has 0 saturated carbocycles. The fraction of sp³-hybridized carbons (Fsp3) is 0.167.